The summed E-state index contributed by atoms with van der Waals surface area (Å²) < 4.78 is 27.0. The molecule has 0 bridgehead atoms. The number of hydrogen-bond donors (Lipinski definition) is 1. The predicted octanol–water partition coefficient (Wildman–Crippen LogP) is 3.27. The van der Waals surface area contributed by atoms with Gasteiger partial charge >= 0.3 is 0 Å². The van der Waals surface area contributed by atoms with Crippen molar-refractivity contribution in [3.8, 4) is 0 Å². The highest BCUT2D eigenvalue weighted by Gasteiger charge is 2.09. The van der Waals surface area contributed by atoms with Crippen LogP contribution in [-0.2, 0) is 0 Å². The maximum absolute atomic E-state index is 13.6. The van der Waals surface area contributed by atoms with E-state index in [1.54, 1.807) is 6.07 Å². The minimum atomic E-state index is -0.636. The second-order valence-corrected chi connectivity index (χ2v) is 5.14. The van der Waals surface area contributed by atoms with Crippen molar-refractivity contribution in [3.63, 3.8) is 0 Å². The van der Waals surface area contributed by atoms with Crippen LogP contribution in [0.25, 0.3) is 10.9 Å². The topological polar surface area (TPSA) is 28.2 Å². The number of fused-ring (bicyclic) bond motifs is 1. The molecule has 0 saturated heterocycles. The SMILES string of the molecule is CC(C)N(C)CCNc1ccnc2c(F)cc(F)cc12. The molecule has 1 N–H and O–H groups in total. The van der Waals surface area contributed by atoms with Crippen molar-refractivity contribution in [1.82, 2.24) is 9.88 Å². The maximum Gasteiger partial charge on any atom is 0.152 e. The minimum absolute atomic E-state index is 0.189. The summed E-state index contributed by atoms with van der Waals surface area (Å²) in [5.41, 5.74) is 0.888. The smallest absolute Gasteiger partial charge is 0.152 e. The van der Waals surface area contributed by atoms with Gasteiger partial charge in [0.05, 0.1) is 0 Å². The Hall–Kier alpha value is -1.75. The molecular weight excluding hydrogens is 260 g/mol. The fourth-order valence-electron chi connectivity index (χ4n) is 1.96. The molecule has 108 valence electrons. The van der Waals surface area contributed by atoms with Crippen molar-refractivity contribution in [2.75, 3.05) is 25.5 Å². The van der Waals surface area contributed by atoms with Crippen molar-refractivity contribution in [1.29, 1.82) is 0 Å². The Morgan fingerprint density at radius 2 is 2.05 bits per heavy atom. The summed E-state index contributed by atoms with van der Waals surface area (Å²) in [4.78, 5) is 6.15. The maximum atomic E-state index is 13.6. The van der Waals surface area contributed by atoms with Crippen LogP contribution in [0.4, 0.5) is 14.5 Å². The Balaban J connectivity index is 2.18. The summed E-state index contributed by atoms with van der Waals surface area (Å²) in [6.45, 7) is 5.78. The monoisotopic (exact) mass is 279 g/mol. The van der Waals surface area contributed by atoms with Gasteiger partial charge in [0.2, 0.25) is 0 Å². The molecule has 1 aromatic heterocycles. The first-order valence-corrected chi connectivity index (χ1v) is 6.67. The number of aromatic nitrogens is 1. The van der Waals surface area contributed by atoms with E-state index in [9.17, 15) is 8.78 Å². The number of nitrogens with one attached hydrogen (secondary N) is 1. The third kappa shape index (κ3) is 3.22. The van der Waals surface area contributed by atoms with E-state index >= 15 is 0 Å². The van der Waals surface area contributed by atoms with E-state index < -0.39 is 11.6 Å². The Morgan fingerprint density at radius 1 is 1.30 bits per heavy atom. The molecule has 0 spiro atoms. The highest BCUT2D eigenvalue weighted by atomic mass is 19.1. The predicted molar refractivity (Wildman–Crippen MR) is 77.9 cm³/mol. The van der Waals surface area contributed by atoms with Crippen LogP contribution in [0.2, 0.25) is 0 Å². The lowest BCUT2D eigenvalue weighted by atomic mass is 10.1. The fraction of sp³-hybridized carbons (Fsp3) is 0.400. The lowest BCUT2D eigenvalue weighted by Crippen LogP contribution is -2.31. The van der Waals surface area contributed by atoms with Gasteiger partial charge in [-0.25, -0.2) is 8.78 Å². The quantitative estimate of drug-likeness (QED) is 0.910. The summed E-state index contributed by atoms with van der Waals surface area (Å²) in [6.07, 6.45) is 1.53. The van der Waals surface area contributed by atoms with Gasteiger partial charge in [-0.2, -0.15) is 0 Å². The van der Waals surface area contributed by atoms with E-state index in [0.717, 1.165) is 12.6 Å². The van der Waals surface area contributed by atoms with Crippen LogP contribution < -0.4 is 5.32 Å². The van der Waals surface area contributed by atoms with Crippen molar-refractivity contribution in [3.05, 3.63) is 36.0 Å². The van der Waals surface area contributed by atoms with Gasteiger partial charge in [0.1, 0.15) is 11.3 Å². The van der Waals surface area contributed by atoms with E-state index in [2.05, 4.69) is 29.0 Å². The number of pyridine rings is 1. The van der Waals surface area contributed by atoms with Crippen molar-refractivity contribution in [2.24, 2.45) is 0 Å². The molecule has 2 rings (SSSR count). The highest BCUT2D eigenvalue weighted by Crippen LogP contribution is 2.24. The first-order chi connectivity index (χ1) is 9.49. The van der Waals surface area contributed by atoms with Crippen LogP contribution in [-0.4, -0.2) is 36.1 Å². The van der Waals surface area contributed by atoms with Crippen molar-refractivity contribution < 1.29 is 8.78 Å². The van der Waals surface area contributed by atoms with Crippen LogP contribution in [0.15, 0.2) is 24.4 Å². The van der Waals surface area contributed by atoms with Gasteiger partial charge in [-0.3, -0.25) is 4.98 Å². The van der Waals surface area contributed by atoms with Gasteiger partial charge in [0.25, 0.3) is 0 Å². The Morgan fingerprint density at radius 3 is 2.75 bits per heavy atom. The molecule has 0 atom stereocenters. The van der Waals surface area contributed by atoms with Crippen LogP contribution in [0, 0.1) is 11.6 Å². The normalized spacial score (nSPS) is 11.6. The molecule has 1 aromatic carbocycles. The van der Waals surface area contributed by atoms with E-state index in [0.29, 0.717) is 23.7 Å². The molecule has 0 fully saturated rings. The van der Waals surface area contributed by atoms with E-state index in [4.69, 9.17) is 0 Å². The van der Waals surface area contributed by atoms with Gasteiger partial charge in [0.15, 0.2) is 5.82 Å². The Labute approximate surface area is 117 Å². The molecule has 2 aromatic rings. The summed E-state index contributed by atoms with van der Waals surface area (Å²) in [7, 11) is 2.04. The zero-order valence-corrected chi connectivity index (χ0v) is 12.0. The molecule has 0 aliphatic carbocycles. The average Bonchev–Trinajstić information content (AvgIpc) is 2.39. The van der Waals surface area contributed by atoms with Gasteiger partial charge in [-0.05, 0) is 33.0 Å². The zero-order chi connectivity index (χ0) is 14.7. The molecule has 0 aliphatic rings. The van der Waals surface area contributed by atoms with Crippen molar-refractivity contribution >= 4 is 16.6 Å². The zero-order valence-electron chi connectivity index (χ0n) is 12.0. The lowest BCUT2D eigenvalue weighted by molar-refractivity contribution is 0.284. The van der Waals surface area contributed by atoms with Crippen LogP contribution >= 0.6 is 0 Å². The van der Waals surface area contributed by atoms with Crippen molar-refractivity contribution in [2.45, 2.75) is 19.9 Å². The standard InChI is InChI=1S/C15H19F2N3/c1-10(2)20(3)7-6-18-14-4-5-19-15-12(14)8-11(16)9-13(15)17/h4-5,8-10H,6-7H2,1-3H3,(H,18,19). The number of benzene rings is 1. The van der Waals surface area contributed by atoms with E-state index in [-0.39, 0.29) is 5.52 Å². The summed E-state index contributed by atoms with van der Waals surface area (Å²) >= 11 is 0. The lowest BCUT2D eigenvalue weighted by Gasteiger charge is -2.21. The minimum Gasteiger partial charge on any atom is -0.383 e. The first-order valence-electron chi connectivity index (χ1n) is 6.67. The molecule has 0 saturated carbocycles. The summed E-state index contributed by atoms with van der Waals surface area (Å²) in [5, 5.41) is 3.68. The Kier molecular flexibility index (Phi) is 4.49. The van der Waals surface area contributed by atoms with Gasteiger partial charge in [0, 0.05) is 42.5 Å². The first kappa shape index (κ1) is 14.7. The van der Waals surface area contributed by atoms with Gasteiger partial charge in [-0.1, -0.05) is 0 Å². The van der Waals surface area contributed by atoms with E-state index in [1.165, 1.54) is 12.3 Å². The number of nitrogens with zero attached hydrogens (tertiary/aromatic N) is 2. The molecule has 0 radical (unpaired) electrons. The number of anilines is 1. The van der Waals surface area contributed by atoms with Crippen LogP contribution in [0.5, 0.6) is 0 Å². The number of halogens is 2. The molecule has 0 unspecified atom stereocenters. The Bertz CT molecular complexity index is 599. The van der Waals surface area contributed by atoms with Crippen LogP contribution in [0.3, 0.4) is 0 Å². The largest absolute Gasteiger partial charge is 0.383 e. The number of hydrogen-bond acceptors (Lipinski definition) is 3. The summed E-state index contributed by atoms with van der Waals surface area (Å²) in [5.74, 6) is -1.23. The molecule has 5 heteroatoms. The number of rotatable bonds is 5. The molecular formula is C15H19F2N3. The van der Waals surface area contributed by atoms with Gasteiger partial charge < -0.3 is 10.2 Å². The molecule has 1 heterocycles. The fourth-order valence-corrected chi connectivity index (χ4v) is 1.96. The third-order valence-corrected chi connectivity index (χ3v) is 3.42. The van der Waals surface area contributed by atoms with Gasteiger partial charge in [-0.15, -0.1) is 0 Å². The van der Waals surface area contributed by atoms with Crippen LogP contribution in [0.1, 0.15) is 13.8 Å². The third-order valence-electron chi connectivity index (χ3n) is 3.42. The number of likely N-dealkylation sites (N-methyl/N-ethyl adjacent to an activating group) is 1. The average molecular weight is 279 g/mol. The summed E-state index contributed by atoms with van der Waals surface area (Å²) in [6, 6.07) is 4.35. The second kappa shape index (κ2) is 6.13. The molecule has 0 aliphatic heterocycles. The molecule has 3 nitrogen and oxygen atoms in total. The highest BCUT2D eigenvalue weighted by molar-refractivity contribution is 5.91. The second-order valence-electron chi connectivity index (χ2n) is 5.14. The van der Waals surface area contributed by atoms with E-state index in [1.807, 2.05) is 7.05 Å². The molecule has 20 heavy (non-hydrogen) atoms. The molecule has 0 amide bonds.